The van der Waals surface area contributed by atoms with Crippen molar-refractivity contribution in [3.63, 3.8) is 0 Å². The molecule has 0 bridgehead atoms. The SMILES string of the molecule is CC/C=C\C[C@H](O)/C=C/C=C\C/C=C\C/C=C\CCCCCC(=O)O. The quantitative estimate of drug-likeness (QED) is 0.226. The van der Waals surface area contributed by atoms with Gasteiger partial charge in [0, 0.05) is 6.42 Å². The van der Waals surface area contributed by atoms with Crippen LogP contribution in [-0.4, -0.2) is 22.3 Å². The Morgan fingerprint density at radius 3 is 2.32 bits per heavy atom. The molecule has 3 nitrogen and oxygen atoms in total. The van der Waals surface area contributed by atoms with E-state index >= 15 is 0 Å². The molecular formula is C22H34O3. The van der Waals surface area contributed by atoms with Crippen LogP contribution in [0, 0.1) is 0 Å². The zero-order valence-corrected chi connectivity index (χ0v) is 15.5. The number of carboxylic acids is 1. The Hall–Kier alpha value is -1.87. The number of allylic oxidation sites excluding steroid dienone is 8. The maximum Gasteiger partial charge on any atom is 0.303 e. The van der Waals surface area contributed by atoms with Gasteiger partial charge in [-0.1, -0.05) is 74.1 Å². The van der Waals surface area contributed by atoms with E-state index < -0.39 is 12.1 Å². The third-order valence-corrected chi connectivity index (χ3v) is 3.50. The van der Waals surface area contributed by atoms with Crippen molar-refractivity contribution in [2.24, 2.45) is 0 Å². The number of aliphatic carboxylic acids is 1. The molecule has 0 saturated carbocycles. The van der Waals surface area contributed by atoms with E-state index in [-0.39, 0.29) is 6.42 Å². The van der Waals surface area contributed by atoms with Crippen LogP contribution in [0.4, 0.5) is 0 Å². The fourth-order valence-electron chi connectivity index (χ4n) is 2.11. The summed E-state index contributed by atoms with van der Waals surface area (Å²) in [6.45, 7) is 2.08. The first-order chi connectivity index (χ1) is 12.2. The summed E-state index contributed by atoms with van der Waals surface area (Å²) < 4.78 is 0. The molecule has 0 unspecified atom stereocenters. The van der Waals surface area contributed by atoms with Crippen molar-refractivity contribution in [2.45, 2.75) is 70.8 Å². The standard InChI is InChI=1S/C22H34O3/c1-2-3-15-18-21(23)19-16-13-11-9-7-5-4-6-8-10-12-14-17-20-22(24)25/h3,5-8,11,13,15-16,19,21,23H,2,4,9-10,12,14,17-18,20H2,1H3,(H,24,25)/b7-5-,8-6-,13-11-,15-3-,19-16+/t21-/m0/s1. The van der Waals surface area contributed by atoms with Crippen molar-refractivity contribution >= 4 is 5.97 Å². The average molecular weight is 347 g/mol. The molecule has 2 N–H and O–H groups in total. The van der Waals surface area contributed by atoms with E-state index in [1.165, 1.54) is 0 Å². The summed E-state index contributed by atoms with van der Waals surface area (Å²) in [5.74, 6) is -0.703. The largest absolute Gasteiger partial charge is 0.481 e. The Bertz CT molecular complexity index is 456. The Balaban J connectivity index is 3.57. The van der Waals surface area contributed by atoms with E-state index in [0.29, 0.717) is 6.42 Å². The highest BCUT2D eigenvalue weighted by Gasteiger charge is 1.94. The highest BCUT2D eigenvalue weighted by molar-refractivity contribution is 5.66. The molecule has 0 heterocycles. The van der Waals surface area contributed by atoms with Crippen LogP contribution < -0.4 is 0 Å². The molecule has 0 saturated heterocycles. The number of unbranched alkanes of at least 4 members (excludes halogenated alkanes) is 3. The minimum atomic E-state index is -0.703. The molecule has 25 heavy (non-hydrogen) atoms. The van der Waals surface area contributed by atoms with Gasteiger partial charge < -0.3 is 10.2 Å². The Kier molecular flexibility index (Phi) is 17.1. The Morgan fingerprint density at radius 1 is 0.880 bits per heavy atom. The molecule has 0 radical (unpaired) electrons. The number of aliphatic hydroxyl groups excluding tert-OH is 1. The van der Waals surface area contributed by atoms with Crippen LogP contribution in [0.1, 0.15) is 64.7 Å². The fourth-order valence-corrected chi connectivity index (χ4v) is 2.11. The molecule has 0 spiro atoms. The van der Waals surface area contributed by atoms with Crippen LogP contribution >= 0.6 is 0 Å². The molecular weight excluding hydrogens is 312 g/mol. The minimum Gasteiger partial charge on any atom is -0.481 e. The van der Waals surface area contributed by atoms with Gasteiger partial charge in [-0.2, -0.15) is 0 Å². The first kappa shape index (κ1) is 23.1. The van der Waals surface area contributed by atoms with Gasteiger partial charge in [-0.15, -0.1) is 0 Å². The minimum absolute atomic E-state index is 0.282. The van der Waals surface area contributed by atoms with E-state index in [2.05, 4.69) is 43.4 Å². The van der Waals surface area contributed by atoms with Crippen LogP contribution in [0.2, 0.25) is 0 Å². The van der Waals surface area contributed by atoms with Gasteiger partial charge in [-0.25, -0.2) is 0 Å². The summed E-state index contributed by atoms with van der Waals surface area (Å²) in [4.78, 5) is 10.4. The maximum absolute atomic E-state index is 10.4. The van der Waals surface area contributed by atoms with Crippen molar-refractivity contribution in [3.8, 4) is 0 Å². The van der Waals surface area contributed by atoms with Gasteiger partial charge >= 0.3 is 5.97 Å². The zero-order valence-electron chi connectivity index (χ0n) is 15.5. The van der Waals surface area contributed by atoms with Gasteiger partial charge in [0.05, 0.1) is 6.10 Å². The van der Waals surface area contributed by atoms with Crippen LogP contribution in [0.15, 0.2) is 60.8 Å². The lowest BCUT2D eigenvalue weighted by atomic mass is 10.1. The highest BCUT2D eigenvalue weighted by atomic mass is 16.4. The van der Waals surface area contributed by atoms with Crippen LogP contribution in [0.5, 0.6) is 0 Å². The van der Waals surface area contributed by atoms with Crippen LogP contribution in [-0.2, 0) is 4.79 Å². The third kappa shape index (κ3) is 20.1. The predicted octanol–water partition coefficient (Wildman–Crippen LogP) is 5.74. The lowest BCUT2D eigenvalue weighted by molar-refractivity contribution is -0.137. The molecule has 3 heteroatoms. The fraction of sp³-hybridized carbons (Fsp3) is 0.500. The van der Waals surface area contributed by atoms with E-state index in [1.807, 2.05) is 18.2 Å². The smallest absolute Gasteiger partial charge is 0.303 e. The van der Waals surface area contributed by atoms with Crippen LogP contribution in [0.3, 0.4) is 0 Å². The molecule has 0 aliphatic rings. The first-order valence-electron chi connectivity index (χ1n) is 9.35. The van der Waals surface area contributed by atoms with E-state index in [4.69, 9.17) is 5.11 Å². The van der Waals surface area contributed by atoms with E-state index in [9.17, 15) is 9.90 Å². The number of carbonyl (C=O) groups is 1. The van der Waals surface area contributed by atoms with Crippen LogP contribution in [0.25, 0.3) is 0 Å². The van der Waals surface area contributed by atoms with Gasteiger partial charge in [-0.05, 0) is 44.9 Å². The lowest BCUT2D eigenvalue weighted by Gasteiger charge is -1.98. The van der Waals surface area contributed by atoms with E-state index in [0.717, 1.165) is 44.9 Å². The molecule has 0 amide bonds. The molecule has 1 atom stereocenters. The first-order valence-corrected chi connectivity index (χ1v) is 9.35. The second kappa shape index (κ2) is 18.5. The summed E-state index contributed by atoms with van der Waals surface area (Å²) in [6.07, 6.45) is 27.6. The molecule has 0 fully saturated rings. The summed E-state index contributed by atoms with van der Waals surface area (Å²) in [5.41, 5.74) is 0. The normalized spacial score (nSPS) is 14.0. The molecule has 0 aromatic rings. The second-order valence-electron chi connectivity index (χ2n) is 5.90. The molecule has 0 aliphatic heterocycles. The number of hydrogen-bond acceptors (Lipinski definition) is 2. The molecule has 0 aliphatic carbocycles. The second-order valence-corrected chi connectivity index (χ2v) is 5.90. The molecule has 0 aromatic carbocycles. The van der Waals surface area contributed by atoms with Gasteiger partial charge in [0.1, 0.15) is 0 Å². The topological polar surface area (TPSA) is 57.5 Å². The molecule has 0 rings (SSSR count). The third-order valence-electron chi connectivity index (χ3n) is 3.50. The van der Waals surface area contributed by atoms with Gasteiger partial charge in [0.15, 0.2) is 0 Å². The predicted molar refractivity (Wildman–Crippen MR) is 107 cm³/mol. The van der Waals surface area contributed by atoms with Crippen molar-refractivity contribution in [2.75, 3.05) is 0 Å². The number of rotatable bonds is 15. The summed E-state index contributed by atoms with van der Waals surface area (Å²) >= 11 is 0. The van der Waals surface area contributed by atoms with E-state index in [1.54, 1.807) is 6.08 Å². The Labute approximate surface area is 153 Å². The zero-order chi connectivity index (χ0) is 18.6. The number of carboxylic acid groups (broad SMARTS) is 1. The summed E-state index contributed by atoms with van der Waals surface area (Å²) in [7, 11) is 0. The van der Waals surface area contributed by atoms with Crippen molar-refractivity contribution in [1.29, 1.82) is 0 Å². The molecule has 140 valence electrons. The van der Waals surface area contributed by atoms with Crippen molar-refractivity contribution in [1.82, 2.24) is 0 Å². The number of aliphatic hydroxyl groups is 1. The summed E-state index contributed by atoms with van der Waals surface area (Å²) in [6, 6.07) is 0. The average Bonchev–Trinajstić information content (AvgIpc) is 2.58. The lowest BCUT2D eigenvalue weighted by Crippen LogP contribution is -1.98. The van der Waals surface area contributed by atoms with Crippen molar-refractivity contribution in [3.05, 3.63) is 60.8 Å². The summed E-state index contributed by atoms with van der Waals surface area (Å²) in [5, 5.41) is 18.2. The maximum atomic E-state index is 10.4. The monoisotopic (exact) mass is 346 g/mol. The number of hydrogen-bond donors (Lipinski definition) is 2. The highest BCUT2D eigenvalue weighted by Crippen LogP contribution is 2.04. The Morgan fingerprint density at radius 2 is 1.60 bits per heavy atom. The molecule has 0 aromatic heterocycles. The van der Waals surface area contributed by atoms with Gasteiger partial charge in [-0.3, -0.25) is 4.79 Å². The van der Waals surface area contributed by atoms with Gasteiger partial charge in [0.25, 0.3) is 0 Å². The van der Waals surface area contributed by atoms with Crippen molar-refractivity contribution < 1.29 is 15.0 Å². The van der Waals surface area contributed by atoms with Gasteiger partial charge in [0.2, 0.25) is 0 Å².